The summed E-state index contributed by atoms with van der Waals surface area (Å²) in [5.74, 6) is 0. The Bertz CT molecular complexity index is 546. The summed E-state index contributed by atoms with van der Waals surface area (Å²) >= 11 is 0. The van der Waals surface area contributed by atoms with Crippen LogP contribution >= 0.6 is 0 Å². The maximum absolute atomic E-state index is 3.54. The molecule has 1 saturated carbocycles. The molecule has 0 heterocycles. The van der Waals surface area contributed by atoms with Crippen molar-refractivity contribution in [3.63, 3.8) is 0 Å². The highest BCUT2D eigenvalue weighted by Crippen LogP contribution is 2.26. The first-order valence-corrected chi connectivity index (χ1v) is 7.33. The molecule has 0 saturated heterocycles. The summed E-state index contributed by atoms with van der Waals surface area (Å²) in [7, 11) is 0. The van der Waals surface area contributed by atoms with Gasteiger partial charge < -0.3 is 5.32 Å². The highest BCUT2D eigenvalue weighted by Gasteiger charge is 2.26. The van der Waals surface area contributed by atoms with Gasteiger partial charge in [0.15, 0.2) is 0 Å². The molecule has 2 aromatic rings. The standard InChI is InChI=1S/C17H22N2/c1-2-19(17-9-10-17)12-11-18-16-8-7-14-5-3-4-6-15(14)13-16/h3-8,13,17-18H,2,9-12H2,1H3. The van der Waals surface area contributed by atoms with Crippen LogP contribution in [0.4, 0.5) is 5.69 Å². The van der Waals surface area contributed by atoms with Gasteiger partial charge in [0.05, 0.1) is 0 Å². The summed E-state index contributed by atoms with van der Waals surface area (Å²) in [6.07, 6.45) is 2.79. The molecule has 1 aliphatic rings. The van der Waals surface area contributed by atoms with E-state index in [4.69, 9.17) is 0 Å². The third kappa shape index (κ3) is 3.07. The molecule has 0 aromatic heterocycles. The second kappa shape index (κ2) is 5.62. The monoisotopic (exact) mass is 254 g/mol. The van der Waals surface area contributed by atoms with Crippen LogP contribution in [0.2, 0.25) is 0 Å². The number of hydrogen-bond donors (Lipinski definition) is 1. The van der Waals surface area contributed by atoms with E-state index in [1.165, 1.54) is 35.8 Å². The predicted octanol–water partition coefficient (Wildman–Crippen LogP) is 3.74. The van der Waals surface area contributed by atoms with Crippen molar-refractivity contribution in [2.45, 2.75) is 25.8 Å². The van der Waals surface area contributed by atoms with Gasteiger partial charge in [-0.3, -0.25) is 4.90 Å². The number of anilines is 1. The lowest BCUT2D eigenvalue weighted by Gasteiger charge is -2.20. The number of likely N-dealkylation sites (N-methyl/N-ethyl adjacent to an activating group) is 1. The molecule has 1 fully saturated rings. The topological polar surface area (TPSA) is 15.3 Å². The Balaban J connectivity index is 1.58. The molecule has 0 unspecified atom stereocenters. The predicted molar refractivity (Wildman–Crippen MR) is 82.7 cm³/mol. The fraction of sp³-hybridized carbons (Fsp3) is 0.412. The Labute approximate surface area is 115 Å². The SMILES string of the molecule is CCN(CCNc1ccc2ccccc2c1)C1CC1. The van der Waals surface area contributed by atoms with E-state index in [9.17, 15) is 0 Å². The van der Waals surface area contributed by atoms with Gasteiger partial charge in [0.25, 0.3) is 0 Å². The highest BCUT2D eigenvalue weighted by molar-refractivity contribution is 5.85. The highest BCUT2D eigenvalue weighted by atomic mass is 15.2. The summed E-state index contributed by atoms with van der Waals surface area (Å²) in [5.41, 5.74) is 1.23. The lowest BCUT2D eigenvalue weighted by molar-refractivity contribution is 0.289. The van der Waals surface area contributed by atoms with Crippen LogP contribution in [0.3, 0.4) is 0 Å². The van der Waals surface area contributed by atoms with Crippen LogP contribution < -0.4 is 5.32 Å². The van der Waals surface area contributed by atoms with Crippen LogP contribution in [0.1, 0.15) is 19.8 Å². The average Bonchev–Trinajstić information content (AvgIpc) is 3.28. The van der Waals surface area contributed by atoms with E-state index in [2.05, 4.69) is 59.6 Å². The summed E-state index contributed by atoms with van der Waals surface area (Å²) in [6.45, 7) is 5.61. The van der Waals surface area contributed by atoms with Gasteiger partial charge in [-0.05, 0) is 42.3 Å². The fourth-order valence-corrected chi connectivity index (χ4v) is 2.68. The van der Waals surface area contributed by atoms with Gasteiger partial charge >= 0.3 is 0 Å². The van der Waals surface area contributed by atoms with E-state index in [1.807, 2.05) is 0 Å². The van der Waals surface area contributed by atoms with Crippen LogP contribution in [0, 0.1) is 0 Å². The van der Waals surface area contributed by atoms with E-state index < -0.39 is 0 Å². The van der Waals surface area contributed by atoms with Crippen LogP contribution in [0.25, 0.3) is 10.8 Å². The van der Waals surface area contributed by atoms with Crippen LogP contribution in [0.15, 0.2) is 42.5 Å². The Morgan fingerprint density at radius 1 is 1.11 bits per heavy atom. The van der Waals surface area contributed by atoms with Crippen molar-refractivity contribution in [3.8, 4) is 0 Å². The lowest BCUT2D eigenvalue weighted by Crippen LogP contribution is -2.30. The van der Waals surface area contributed by atoms with E-state index in [1.54, 1.807) is 0 Å². The van der Waals surface area contributed by atoms with Crippen LogP contribution in [-0.2, 0) is 0 Å². The second-order valence-corrected chi connectivity index (χ2v) is 5.35. The fourth-order valence-electron chi connectivity index (χ4n) is 2.68. The lowest BCUT2D eigenvalue weighted by atomic mass is 10.1. The van der Waals surface area contributed by atoms with Gasteiger partial charge in [-0.15, -0.1) is 0 Å². The van der Waals surface area contributed by atoms with Crippen LogP contribution in [0.5, 0.6) is 0 Å². The molecular weight excluding hydrogens is 232 g/mol. The first-order valence-electron chi connectivity index (χ1n) is 7.33. The summed E-state index contributed by atoms with van der Waals surface area (Å²) in [6, 6.07) is 16.0. The van der Waals surface area contributed by atoms with Gasteiger partial charge in [-0.1, -0.05) is 37.3 Å². The minimum absolute atomic E-state index is 0.864. The van der Waals surface area contributed by atoms with Crippen molar-refractivity contribution in [1.82, 2.24) is 4.90 Å². The number of nitrogens with zero attached hydrogens (tertiary/aromatic N) is 1. The zero-order valence-corrected chi connectivity index (χ0v) is 11.6. The van der Waals surface area contributed by atoms with Crippen molar-refractivity contribution >= 4 is 16.5 Å². The molecule has 2 aromatic carbocycles. The molecule has 100 valence electrons. The van der Waals surface area contributed by atoms with Gasteiger partial charge in [-0.25, -0.2) is 0 Å². The Morgan fingerprint density at radius 2 is 1.89 bits per heavy atom. The van der Waals surface area contributed by atoms with E-state index in [-0.39, 0.29) is 0 Å². The van der Waals surface area contributed by atoms with E-state index in [0.29, 0.717) is 0 Å². The third-order valence-corrected chi connectivity index (χ3v) is 3.95. The molecule has 0 bridgehead atoms. The first-order chi connectivity index (χ1) is 9.36. The molecule has 19 heavy (non-hydrogen) atoms. The summed E-state index contributed by atoms with van der Waals surface area (Å²) in [5, 5.41) is 6.16. The average molecular weight is 254 g/mol. The van der Waals surface area contributed by atoms with E-state index >= 15 is 0 Å². The number of hydrogen-bond acceptors (Lipinski definition) is 2. The molecule has 1 aliphatic carbocycles. The molecular formula is C17H22N2. The van der Waals surface area contributed by atoms with Crippen LogP contribution in [-0.4, -0.2) is 30.6 Å². The van der Waals surface area contributed by atoms with Gasteiger partial charge in [0.2, 0.25) is 0 Å². The Morgan fingerprint density at radius 3 is 2.63 bits per heavy atom. The number of rotatable bonds is 6. The molecule has 0 aliphatic heterocycles. The number of nitrogens with one attached hydrogen (secondary N) is 1. The molecule has 3 rings (SSSR count). The van der Waals surface area contributed by atoms with E-state index in [0.717, 1.165) is 19.1 Å². The maximum atomic E-state index is 3.54. The summed E-state index contributed by atoms with van der Waals surface area (Å²) < 4.78 is 0. The summed E-state index contributed by atoms with van der Waals surface area (Å²) in [4.78, 5) is 2.58. The van der Waals surface area contributed by atoms with Gasteiger partial charge in [0, 0.05) is 24.8 Å². The molecule has 0 amide bonds. The zero-order valence-electron chi connectivity index (χ0n) is 11.6. The van der Waals surface area contributed by atoms with Gasteiger partial charge in [-0.2, -0.15) is 0 Å². The molecule has 2 nitrogen and oxygen atoms in total. The first kappa shape index (κ1) is 12.5. The largest absolute Gasteiger partial charge is 0.384 e. The third-order valence-electron chi connectivity index (χ3n) is 3.95. The minimum atomic E-state index is 0.864. The molecule has 0 spiro atoms. The minimum Gasteiger partial charge on any atom is -0.384 e. The second-order valence-electron chi connectivity index (χ2n) is 5.35. The van der Waals surface area contributed by atoms with Crippen molar-refractivity contribution < 1.29 is 0 Å². The van der Waals surface area contributed by atoms with Crippen molar-refractivity contribution in [2.75, 3.05) is 25.0 Å². The number of benzene rings is 2. The Kier molecular flexibility index (Phi) is 3.69. The Hall–Kier alpha value is -1.54. The normalized spacial score (nSPS) is 15.1. The van der Waals surface area contributed by atoms with Crippen molar-refractivity contribution in [2.24, 2.45) is 0 Å². The van der Waals surface area contributed by atoms with Crippen molar-refractivity contribution in [3.05, 3.63) is 42.5 Å². The molecule has 1 N–H and O–H groups in total. The maximum Gasteiger partial charge on any atom is 0.0347 e. The number of fused-ring (bicyclic) bond motifs is 1. The molecule has 2 heteroatoms. The molecule has 0 radical (unpaired) electrons. The van der Waals surface area contributed by atoms with Gasteiger partial charge in [0.1, 0.15) is 0 Å². The molecule has 0 atom stereocenters. The smallest absolute Gasteiger partial charge is 0.0347 e. The van der Waals surface area contributed by atoms with Crippen molar-refractivity contribution in [1.29, 1.82) is 0 Å². The zero-order chi connectivity index (χ0) is 13.1. The quantitative estimate of drug-likeness (QED) is 0.845.